The average Bonchev–Trinajstić information content (AvgIpc) is 2.23. The van der Waals surface area contributed by atoms with E-state index in [1.807, 2.05) is 12.1 Å². The van der Waals surface area contributed by atoms with Crippen molar-refractivity contribution in [1.29, 1.82) is 0 Å². The van der Waals surface area contributed by atoms with Crippen LogP contribution in [0.3, 0.4) is 0 Å². The van der Waals surface area contributed by atoms with Crippen molar-refractivity contribution in [2.24, 2.45) is 0 Å². The molecule has 0 bridgehead atoms. The van der Waals surface area contributed by atoms with Crippen LogP contribution in [0.4, 0.5) is 0 Å². The SMILES string of the molecule is c1cncc(O[C@@H]2CCCCNCC2)c1. The highest BCUT2D eigenvalue weighted by atomic mass is 16.5. The standard InChI is InChI=1S/C12H18N2O/c1-2-7-13-9-6-11(4-1)15-12-5-3-8-14-10-12/h3,5,8,10-11,13H,1-2,4,6-7,9H2/t11-/m1/s1. The van der Waals surface area contributed by atoms with E-state index in [1.54, 1.807) is 12.4 Å². The molecule has 1 aliphatic heterocycles. The number of rotatable bonds is 2. The van der Waals surface area contributed by atoms with Crippen LogP contribution in [-0.2, 0) is 0 Å². The fraction of sp³-hybridized carbons (Fsp3) is 0.583. The first kappa shape index (κ1) is 10.4. The summed E-state index contributed by atoms with van der Waals surface area (Å²) in [5.41, 5.74) is 0. The molecule has 2 heterocycles. The summed E-state index contributed by atoms with van der Waals surface area (Å²) in [4.78, 5) is 4.05. The van der Waals surface area contributed by atoms with Crippen LogP contribution in [0.25, 0.3) is 0 Å². The molecular formula is C12H18N2O. The maximum Gasteiger partial charge on any atom is 0.137 e. The normalized spacial score (nSPS) is 22.8. The molecule has 15 heavy (non-hydrogen) atoms. The molecule has 1 fully saturated rings. The minimum atomic E-state index is 0.349. The van der Waals surface area contributed by atoms with Gasteiger partial charge < -0.3 is 10.1 Å². The number of ether oxygens (including phenoxy) is 1. The number of nitrogens with one attached hydrogen (secondary N) is 1. The van der Waals surface area contributed by atoms with Gasteiger partial charge >= 0.3 is 0 Å². The van der Waals surface area contributed by atoms with Crippen molar-refractivity contribution >= 4 is 0 Å². The second-order valence-corrected chi connectivity index (χ2v) is 3.96. The monoisotopic (exact) mass is 206 g/mol. The smallest absolute Gasteiger partial charge is 0.137 e. The van der Waals surface area contributed by atoms with Crippen molar-refractivity contribution in [3.8, 4) is 5.75 Å². The van der Waals surface area contributed by atoms with Crippen LogP contribution in [0.2, 0.25) is 0 Å². The summed E-state index contributed by atoms with van der Waals surface area (Å²) >= 11 is 0. The van der Waals surface area contributed by atoms with Gasteiger partial charge in [0, 0.05) is 6.20 Å². The van der Waals surface area contributed by atoms with Crippen molar-refractivity contribution in [2.75, 3.05) is 13.1 Å². The van der Waals surface area contributed by atoms with Gasteiger partial charge in [-0.2, -0.15) is 0 Å². The highest BCUT2D eigenvalue weighted by Crippen LogP contribution is 2.15. The Balaban J connectivity index is 1.86. The Morgan fingerprint density at radius 1 is 1.27 bits per heavy atom. The van der Waals surface area contributed by atoms with Crippen molar-refractivity contribution in [1.82, 2.24) is 10.3 Å². The predicted molar refractivity (Wildman–Crippen MR) is 60.0 cm³/mol. The summed E-state index contributed by atoms with van der Waals surface area (Å²) in [6.07, 6.45) is 8.66. The van der Waals surface area contributed by atoms with E-state index in [4.69, 9.17) is 4.74 Å². The third-order valence-corrected chi connectivity index (χ3v) is 2.71. The van der Waals surface area contributed by atoms with E-state index in [0.717, 1.165) is 31.7 Å². The highest BCUT2D eigenvalue weighted by molar-refractivity contribution is 5.15. The van der Waals surface area contributed by atoms with Gasteiger partial charge in [0.25, 0.3) is 0 Å². The van der Waals surface area contributed by atoms with Crippen LogP contribution >= 0.6 is 0 Å². The first-order chi connectivity index (χ1) is 7.45. The molecular weight excluding hydrogens is 188 g/mol. The number of pyridine rings is 1. The summed E-state index contributed by atoms with van der Waals surface area (Å²) in [6.45, 7) is 2.21. The van der Waals surface area contributed by atoms with Gasteiger partial charge in [0.15, 0.2) is 0 Å². The molecule has 1 atom stereocenters. The molecule has 0 radical (unpaired) electrons. The van der Waals surface area contributed by atoms with Gasteiger partial charge in [-0.1, -0.05) is 0 Å². The Labute approximate surface area is 90.9 Å². The quantitative estimate of drug-likeness (QED) is 0.803. The molecule has 0 spiro atoms. The van der Waals surface area contributed by atoms with Crippen LogP contribution < -0.4 is 10.1 Å². The second kappa shape index (κ2) is 5.71. The van der Waals surface area contributed by atoms with Gasteiger partial charge in [0.05, 0.1) is 12.3 Å². The molecule has 1 N–H and O–H groups in total. The third kappa shape index (κ3) is 3.51. The number of aromatic nitrogens is 1. The fourth-order valence-electron chi connectivity index (χ4n) is 1.88. The zero-order valence-electron chi connectivity index (χ0n) is 8.98. The second-order valence-electron chi connectivity index (χ2n) is 3.96. The molecule has 2 rings (SSSR count). The largest absolute Gasteiger partial charge is 0.489 e. The molecule has 3 heteroatoms. The van der Waals surface area contributed by atoms with E-state index in [9.17, 15) is 0 Å². The Bertz CT molecular complexity index is 268. The molecule has 0 aromatic carbocycles. The molecule has 1 aromatic rings. The lowest BCUT2D eigenvalue weighted by Gasteiger charge is -2.21. The molecule has 1 aromatic heterocycles. The Hall–Kier alpha value is -1.09. The summed E-state index contributed by atoms with van der Waals surface area (Å²) in [6, 6.07) is 3.88. The maximum atomic E-state index is 5.89. The minimum Gasteiger partial charge on any atom is -0.489 e. The lowest BCUT2D eigenvalue weighted by Crippen LogP contribution is -2.28. The van der Waals surface area contributed by atoms with Crippen LogP contribution in [0.15, 0.2) is 24.5 Å². The summed E-state index contributed by atoms with van der Waals surface area (Å²) in [5, 5.41) is 3.41. The molecule has 0 unspecified atom stereocenters. The van der Waals surface area contributed by atoms with E-state index in [-0.39, 0.29) is 0 Å². The average molecular weight is 206 g/mol. The Morgan fingerprint density at radius 2 is 2.27 bits per heavy atom. The molecule has 1 saturated heterocycles. The van der Waals surface area contributed by atoms with Gasteiger partial charge in [0.2, 0.25) is 0 Å². The summed E-state index contributed by atoms with van der Waals surface area (Å²) in [7, 11) is 0. The molecule has 0 amide bonds. The van der Waals surface area contributed by atoms with Gasteiger partial charge in [-0.25, -0.2) is 0 Å². The highest BCUT2D eigenvalue weighted by Gasteiger charge is 2.12. The van der Waals surface area contributed by atoms with Crippen LogP contribution in [-0.4, -0.2) is 24.2 Å². The first-order valence-electron chi connectivity index (χ1n) is 5.72. The summed E-state index contributed by atoms with van der Waals surface area (Å²) in [5.74, 6) is 0.892. The van der Waals surface area contributed by atoms with Gasteiger partial charge in [0.1, 0.15) is 5.75 Å². The fourth-order valence-corrected chi connectivity index (χ4v) is 1.88. The first-order valence-corrected chi connectivity index (χ1v) is 5.72. The van der Waals surface area contributed by atoms with Gasteiger partial charge in [-0.15, -0.1) is 0 Å². The van der Waals surface area contributed by atoms with E-state index in [0.29, 0.717) is 6.10 Å². The molecule has 0 saturated carbocycles. The zero-order chi connectivity index (χ0) is 10.3. The molecule has 3 nitrogen and oxygen atoms in total. The molecule has 82 valence electrons. The number of nitrogens with zero attached hydrogens (tertiary/aromatic N) is 1. The van der Waals surface area contributed by atoms with Crippen LogP contribution in [0.5, 0.6) is 5.75 Å². The van der Waals surface area contributed by atoms with Crippen LogP contribution in [0.1, 0.15) is 25.7 Å². The Morgan fingerprint density at radius 3 is 3.13 bits per heavy atom. The number of hydrogen-bond acceptors (Lipinski definition) is 3. The van der Waals surface area contributed by atoms with Crippen molar-refractivity contribution in [3.05, 3.63) is 24.5 Å². The lowest BCUT2D eigenvalue weighted by atomic mass is 10.1. The van der Waals surface area contributed by atoms with Gasteiger partial charge in [-0.3, -0.25) is 4.98 Å². The Kier molecular flexibility index (Phi) is 3.97. The summed E-state index contributed by atoms with van der Waals surface area (Å²) < 4.78 is 5.89. The van der Waals surface area contributed by atoms with Crippen molar-refractivity contribution in [3.63, 3.8) is 0 Å². The predicted octanol–water partition coefficient (Wildman–Crippen LogP) is 1.99. The van der Waals surface area contributed by atoms with E-state index >= 15 is 0 Å². The van der Waals surface area contributed by atoms with E-state index in [1.165, 1.54) is 12.8 Å². The molecule has 0 aliphatic carbocycles. The lowest BCUT2D eigenvalue weighted by molar-refractivity contribution is 0.170. The minimum absolute atomic E-state index is 0.349. The third-order valence-electron chi connectivity index (χ3n) is 2.71. The van der Waals surface area contributed by atoms with Crippen molar-refractivity contribution in [2.45, 2.75) is 31.8 Å². The zero-order valence-corrected chi connectivity index (χ0v) is 8.98. The van der Waals surface area contributed by atoms with Gasteiger partial charge in [-0.05, 0) is 50.9 Å². The van der Waals surface area contributed by atoms with Crippen LogP contribution in [0, 0.1) is 0 Å². The maximum absolute atomic E-state index is 5.89. The van der Waals surface area contributed by atoms with E-state index < -0.39 is 0 Å². The van der Waals surface area contributed by atoms with E-state index in [2.05, 4.69) is 10.3 Å². The van der Waals surface area contributed by atoms with Crippen molar-refractivity contribution < 1.29 is 4.74 Å². The topological polar surface area (TPSA) is 34.1 Å². The molecule has 1 aliphatic rings. The number of hydrogen-bond donors (Lipinski definition) is 1.